The van der Waals surface area contributed by atoms with Gasteiger partial charge in [-0.2, -0.15) is 0 Å². The summed E-state index contributed by atoms with van der Waals surface area (Å²) in [6.07, 6.45) is 8.18. The van der Waals surface area contributed by atoms with Crippen LogP contribution in [0.4, 0.5) is 0 Å². The van der Waals surface area contributed by atoms with Gasteiger partial charge in [-0.15, -0.1) is 0 Å². The van der Waals surface area contributed by atoms with E-state index in [0.29, 0.717) is 0 Å². The summed E-state index contributed by atoms with van der Waals surface area (Å²) in [5, 5.41) is 0. The lowest BCUT2D eigenvalue weighted by molar-refractivity contribution is 0.427. The van der Waals surface area contributed by atoms with Crippen molar-refractivity contribution in [3.63, 3.8) is 0 Å². The van der Waals surface area contributed by atoms with E-state index in [2.05, 4.69) is 51.1 Å². The lowest BCUT2D eigenvalue weighted by atomic mass is 9.94. The summed E-state index contributed by atoms with van der Waals surface area (Å²) in [4.78, 5) is 0. The quantitative estimate of drug-likeness (QED) is 0.557. The molecule has 0 radical (unpaired) electrons. The van der Waals surface area contributed by atoms with Gasteiger partial charge in [0.2, 0.25) is 0 Å². The first kappa shape index (κ1) is 14.3. The third-order valence-electron chi connectivity index (χ3n) is 3.48. The van der Waals surface area contributed by atoms with E-state index >= 15 is 0 Å². The summed E-state index contributed by atoms with van der Waals surface area (Å²) in [7, 11) is 0. The minimum atomic E-state index is 0.867. The van der Waals surface area contributed by atoms with Crippen molar-refractivity contribution >= 4 is 0 Å². The fourth-order valence-electron chi connectivity index (χ4n) is 2.32. The van der Waals surface area contributed by atoms with Crippen LogP contribution in [0.3, 0.4) is 0 Å². The summed E-state index contributed by atoms with van der Waals surface area (Å²) < 4.78 is 0. The van der Waals surface area contributed by atoms with Crippen LogP contribution in [0.25, 0.3) is 0 Å². The summed E-state index contributed by atoms with van der Waals surface area (Å²) in [6.45, 7) is 7.05. The third kappa shape index (κ3) is 7.20. The number of aryl methyl sites for hydroxylation is 1. The van der Waals surface area contributed by atoms with Crippen molar-refractivity contribution in [2.75, 3.05) is 0 Å². The number of hydrogen-bond donors (Lipinski definition) is 0. The van der Waals surface area contributed by atoms with Crippen molar-refractivity contribution in [1.82, 2.24) is 0 Å². The van der Waals surface area contributed by atoms with Crippen molar-refractivity contribution in [2.24, 2.45) is 11.8 Å². The largest absolute Gasteiger partial charge is 0.0628 e. The molecule has 0 aliphatic carbocycles. The second kappa shape index (κ2) is 8.33. The second-order valence-corrected chi connectivity index (χ2v) is 5.81. The highest BCUT2D eigenvalue weighted by Crippen LogP contribution is 2.17. The lowest BCUT2D eigenvalue weighted by Gasteiger charge is -2.12. The first-order chi connectivity index (χ1) is 8.18. The van der Waals surface area contributed by atoms with E-state index < -0.39 is 0 Å². The van der Waals surface area contributed by atoms with Gasteiger partial charge in [-0.1, -0.05) is 76.8 Å². The molecule has 1 aromatic carbocycles. The molecular formula is C17H28. The standard InChI is InChI=1S/C17H28/c1-15(2)9-7-10-16(3)11-8-14-17-12-5-4-6-13-17/h4-6,12-13,15-16H,7-11,14H2,1-3H3/t16-/m1/s1. The van der Waals surface area contributed by atoms with Gasteiger partial charge < -0.3 is 0 Å². The molecule has 17 heavy (non-hydrogen) atoms. The molecule has 0 aliphatic heterocycles. The Bertz CT molecular complexity index is 273. The highest BCUT2D eigenvalue weighted by Gasteiger charge is 2.03. The van der Waals surface area contributed by atoms with Gasteiger partial charge in [0.1, 0.15) is 0 Å². The molecule has 0 N–H and O–H groups in total. The van der Waals surface area contributed by atoms with Crippen molar-refractivity contribution in [3.8, 4) is 0 Å². The molecule has 0 bridgehead atoms. The van der Waals surface area contributed by atoms with Gasteiger partial charge in [0.05, 0.1) is 0 Å². The van der Waals surface area contributed by atoms with Crippen LogP contribution in [0, 0.1) is 11.8 Å². The first-order valence-electron chi connectivity index (χ1n) is 7.22. The molecule has 1 aromatic rings. The molecule has 96 valence electrons. The Hall–Kier alpha value is -0.780. The van der Waals surface area contributed by atoms with Crippen LogP contribution in [-0.4, -0.2) is 0 Å². The molecule has 0 aliphatic rings. The lowest BCUT2D eigenvalue weighted by Crippen LogP contribution is -1.98. The van der Waals surface area contributed by atoms with Gasteiger partial charge in [-0.3, -0.25) is 0 Å². The number of hydrogen-bond acceptors (Lipinski definition) is 0. The maximum atomic E-state index is 2.41. The van der Waals surface area contributed by atoms with Gasteiger partial charge in [-0.05, 0) is 30.2 Å². The molecule has 0 fully saturated rings. The summed E-state index contributed by atoms with van der Waals surface area (Å²) >= 11 is 0. The minimum Gasteiger partial charge on any atom is -0.0628 e. The van der Waals surface area contributed by atoms with E-state index in [0.717, 1.165) is 11.8 Å². The Morgan fingerprint density at radius 2 is 1.47 bits per heavy atom. The Balaban J connectivity index is 2.06. The molecule has 0 spiro atoms. The number of rotatable bonds is 8. The van der Waals surface area contributed by atoms with Crippen LogP contribution in [-0.2, 0) is 6.42 Å². The van der Waals surface area contributed by atoms with Crippen LogP contribution in [0.5, 0.6) is 0 Å². The fraction of sp³-hybridized carbons (Fsp3) is 0.647. The van der Waals surface area contributed by atoms with Gasteiger partial charge >= 0.3 is 0 Å². The molecule has 1 atom stereocenters. The van der Waals surface area contributed by atoms with Crippen molar-refractivity contribution < 1.29 is 0 Å². The van der Waals surface area contributed by atoms with E-state index in [9.17, 15) is 0 Å². The molecule has 0 saturated carbocycles. The second-order valence-electron chi connectivity index (χ2n) is 5.81. The maximum Gasteiger partial charge on any atom is -0.0279 e. The summed E-state index contributed by atoms with van der Waals surface area (Å²) in [5.41, 5.74) is 1.49. The van der Waals surface area contributed by atoms with Crippen LogP contribution >= 0.6 is 0 Å². The summed E-state index contributed by atoms with van der Waals surface area (Å²) in [6, 6.07) is 10.9. The van der Waals surface area contributed by atoms with Gasteiger partial charge in [0.15, 0.2) is 0 Å². The van der Waals surface area contributed by atoms with Gasteiger partial charge in [0, 0.05) is 0 Å². The SMILES string of the molecule is CC(C)CCC[C@@H](C)CCCc1ccccc1. The average molecular weight is 232 g/mol. The van der Waals surface area contributed by atoms with Crippen LogP contribution in [0.15, 0.2) is 30.3 Å². The highest BCUT2D eigenvalue weighted by atomic mass is 14.1. The predicted octanol–water partition coefficient (Wildman–Crippen LogP) is 5.47. The predicted molar refractivity (Wildman–Crippen MR) is 77.2 cm³/mol. The maximum absolute atomic E-state index is 2.41. The number of benzene rings is 1. The zero-order chi connectivity index (χ0) is 12.5. The van der Waals surface area contributed by atoms with Gasteiger partial charge in [-0.25, -0.2) is 0 Å². The monoisotopic (exact) mass is 232 g/mol. The van der Waals surface area contributed by atoms with Crippen LogP contribution in [0.1, 0.15) is 58.4 Å². The van der Waals surface area contributed by atoms with E-state index in [1.54, 1.807) is 0 Å². The molecule has 0 saturated heterocycles. The van der Waals surface area contributed by atoms with Crippen molar-refractivity contribution in [1.29, 1.82) is 0 Å². The van der Waals surface area contributed by atoms with E-state index in [4.69, 9.17) is 0 Å². The minimum absolute atomic E-state index is 0.867. The average Bonchev–Trinajstić information content (AvgIpc) is 2.30. The molecular weight excluding hydrogens is 204 g/mol. The zero-order valence-corrected chi connectivity index (χ0v) is 11.8. The van der Waals surface area contributed by atoms with Crippen molar-refractivity contribution in [2.45, 2.75) is 59.3 Å². The topological polar surface area (TPSA) is 0 Å². The fourth-order valence-corrected chi connectivity index (χ4v) is 2.32. The Kier molecular flexibility index (Phi) is 7.00. The first-order valence-corrected chi connectivity index (χ1v) is 7.22. The van der Waals surface area contributed by atoms with E-state index in [1.165, 1.54) is 44.1 Å². The third-order valence-corrected chi connectivity index (χ3v) is 3.48. The normalized spacial score (nSPS) is 12.9. The molecule has 1 rings (SSSR count). The zero-order valence-electron chi connectivity index (χ0n) is 11.8. The molecule has 0 nitrogen and oxygen atoms in total. The molecule has 0 heterocycles. The molecule has 0 aromatic heterocycles. The molecule has 0 unspecified atom stereocenters. The Morgan fingerprint density at radius 1 is 0.824 bits per heavy atom. The van der Waals surface area contributed by atoms with E-state index in [-0.39, 0.29) is 0 Å². The molecule has 0 heteroatoms. The highest BCUT2D eigenvalue weighted by molar-refractivity contribution is 5.14. The Morgan fingerprint density at radius 3 is 2.12 bits per heavy atom. The summed E-state index contributed by atoms with van der Waals surface area (Å²) in [5.74, 6) is 1.77. The molecule has 0 amide bonds. The van der Waals surface area contributed by atoms with Crippen LogP contribution in [0.2, 0.25) is 0 Å². The van der Waals surface area contributed by atoms with Crippen molar-refractivity contribution in [3.05, 3.63) is 35.9 Å². The smallest absolute Gasteiger partial charge is 0.0279 e. The van der Waals surface area contributed by atoms with Crippen LogP contribution < -0.4 is 0 Å². The van der Waals surface area contributed by atoms with E-state index in [1.807, 2.05) is 0 Å². The Labute approximate surface area is 107 Å². The van der Waals surface area contributed by atoms with Gasteiger partial charge in [0.25, 0.3) is 0 Å².